The highest BCUT2D eigenvalue weighted by atomic mass is 15.2. The molecule has 4 nitrogen and oxygen atoms in total. The van der Waals surface area contributed by atoms with Crippen LogP contribution in [0.5, 0.6) is 0 Å². The summed E-state index contributed by atoms with van der Waals surface area (Å²) in [6.45, 7) is 5.53. The second-order valence-electron chi connectivity index (χ2n) is 6.61. The fourth-order valence-corrected chi connectivity index (χ4v) is 3.46. The quantitative estimate of drug-likeness (QED) is 0.785. The first kappa shape index (κ1) is 16.5. The first-order valence-electron chi connectivity index (χ1n) is 8.58. The molecule has 1 aliphatic carbocycles. The second kappa shape index (κ2) is 8.54. The zero-order valence-corrected chi connectivity index (χ0v) is 14.0. The Morgan fingerprint density at radius 1 is 1.33 bits per heavy atom. The molecule has 1 aromatic rings. The first-order chi connectivity index (χ1) is 10.2. The number of aryl methyl sites for hydroxylation is 1. The monoisotopic (exact) mass is 292 g/mol. The van der Waals surface area contributed by atoms with E-state index in [9.17, 15) is 0 Å². The minimum Gasteiger partial charge on any atom is -0.337 e. The number of aromatic nitrogens is 2. The molecule has 0 radical (unpaired) electrons. The Kier molecular flexibility index (Phi) is 6.71. The Morgan fingerprint density at radius 3 is 2.86 bits per heavy atom. The Labute approximate surface area is 129 Å². The van der Waals surface area contributed by atoms with Gasteiger partial charge in [-0.3, -0.25) is 4.90 Å². The lowest BCUT2D eigenvalue weighted by Crippen LogP contribution is -2.41. The van der Waals surface area contributed by atoms with E-state index in [1.165, 1.54) is 45.1 Å². The highest BCUT2D eigenvalue weighted by Gasteiger charge is 2.24. The van der Waals surface area contributed by atoms with Gasteiger partial charge in [0.2, 0.25) is 0 Å². The topological polar surface area (TPSA) is 33.1 Å². The van der Waals surface area contributed by atoms with Gasteiger partial charge in [-0.2, -0.15) is 0 Å². The molecule has 1 fully saturated rings. The summed E-state index contributed by atoms with van der Waals surface area (Å²) in [5, 5.41) is 3.79. The molecule has 2 rings (SSSR count). The maximum absolute atomic E-state index is 4.44. The van der Waals surface area contributed by atoms with Gasteiger partial charge >= 0.3 is 0 Å². The molecule has 4 heteroatoms. The summed E-state index contributed by atoms with van der Waals surface area (Å²) in [6.07, 6.45) is 12.1. The zero-order valence-electron chi connectivity index (χ0n) is 14.0. The predicted octanol–water partition coefficient (Wildman–Crippen LogP) is 2.80. The van der Waals surface area contributed by atoms with Gasteiger partial charge in [-0.1, -0.05) is 26.2 Å². The molecule has 0 spiro atoms. The predicted molar refractivity (Wildman–Crippen MR) is 88.2 cm³/mol. The number of nitrogens with one attached hydrogen (secondary N) is 1. The van der Waals surface area contributed by atoms with Gasteiger partial charge in [0.1, 0.15) is 5.82 Å². The molecular formula is C17H32N4. The first-order valence-corrected chi connectivity index (χ1v) is 8.58. The Balaban J connectivity index is 1.89. The van der Waals surface area contributed by atoms with Gasteiger partial charge in [-0.15, -0.1) is 0 Å². The molecule has 1 heterocycles. The summed E-state index contributed by atoms with van der Waals surface area (Å²) in [6, 6.07) is 0.705. The molecule has 0 bridgehead atoms. The molecule has 1 aromatic heterocycles. The molecule has 0 aromatic carbocycles. The van der Waals surface area contributed by atoms with Crippen molar-refractivity contribution in [3.05, 3.63) is 18.2 Å². The minimum atomic E-state index is 0.705. The number of rotatable bonds is 7. The van der Waals surface area contributed by atoms with Crippen molar-refractivity contribution in [2.24, 2.45) is 13.0 Å². The lowest BCUT2D eigenvalue weighted by Gasteiger charge is -2.30. The van der Waals surface area contributed by atoms with E-state index in [2.05, 4.69) is 40.8 Å². The van der Waals surface area contributed by atoms with Crippen molar-refractivity contribution in [2.45, 2.75) is 58.0 Å². The van der Waals surface area contributed by atoms with E-state index in [0.29, 0.717) is 6.04 Å². The molecule has 21 heavy (non-hydrogen) atoms. The van der Waals surface area contributed by atoms with E-state index in [1.54, 1.807) is 0 Å². The van der Waals surface area contributed by atoms with Crippen molar-refractivity contribution in [1.29, 1.82) is 0 Å². The average Bonchev–Trinajstić information content (AvgIpc) is 2.73. The molecule has 120 valence electrons. The van der Waals surface area contributed by atoms with Crippen molar-refractivity contribution in [1.82, 2.24) is 19.8 Å². The van der Waals surface area contributed by atoms with E-state index < -0.39 is 0 Å². The van der Waals surface area contributed by atoms with Gasteiger partial charge in [0.25, 0.3) is 0 Å². The SMILES string of the molecule is CCCNC1CCCCCC1CN(C)Cc1nccn1C. The number of hydrogen-bond acceptors (Lipinski definition) is 3. The fraction of sp³-hybridized carbons (Fsp3) is 0.824. The van der Waals surface area contributed by atoms with Gasteiger partial charge in [0.15, 0.2) is 0 Å². The number of imidazole rings is 1. The van der Waals surface area contributed by atoms with Gasteiger partial charge in [-0.05, 0) is 38.8 Å². The fourth-order valence-electron chi connectivity index (χ4n) is 3.46. The van der Waals surface area contributed by atoms with Gasteiger partial charge in [0, 0.05) is 32.0 Å². The standard InChI is InChI=1S/C17H32N4/c1-4-10-18-16-9-7-5-6-8-15(16)13-20(2)14-17-19-11-12-21(17)3/h11-12,15-16,18H,4-10,13-14H2,1-3H3. The van der Waals surface area contributed by atoms with E-state index in [4.69, 9.17) is 0 Å². The van der Waals surface area contributed by atoms with Crippen molar-refractivity contribution in [3.8, 4) is 0 Å². The largest absolute Gasteiger partial charge is 0.337 e. The van der Waals surface area contributed by atoms with Gasteiger partial charge in [-0.25, -0.2) is 4.98 Å². The van der Waals surface area contributed by atoms with E-state index in [1.807, 2.05) is 12.4 Å². The molecule has 2 unspecified atom stereocenters. The van der Waals surface area contributed by atoms with Crippen LogP contribution < -0.4 is 5.32 Å². The van der Waals surface area contributed by atoms with Gasteiger partial charge in [0.05, 0.1) is 6.54 Å². The van der Waals surface area contributed by atoms with Crippen LogP contribution in [0.4, 0.5) is 0 Å². The Morgan fingerprint density at radius 2 is 2.14 bits per heavy atom. The molecule has 0 amide bonds. The summed E-state index contributed by atoms with van der Waals surface area (Å²) in [5.74, 6) is 1.94. The molecule has 1 saturated carbocycles. The summed E-state index contributed by atoms with van der Waals surface area (Å²) in [5.41, 5.74) is 0. The number of nitrogens with zero attached hydrogens (tertiary/aromatic N) is 3. The molecular weight excluding hydrogens is 260 g/mol. The minimum absolute atomic E-state index is 0.705. The molecule has 2 atom stereocenters. The molecule has 0 saturated heterocycles. The van der Waals surface area contributed by atoms with Crippen LogP contribution in [0.25, 0.3) is 0 Å². The lowest BCUT2D eigenvalue weighted by atomic mass is 9.94. The highest BCUT2D eigenvalue weighted by Crippen LogP contribution is 2.24. The van der Waals surface area contributed by atoms with Crippen LogP contribution >= 0.6 is 0 Å². The Hall–Kier alpha value is -0.870. The average molecular weight is 292 g/mol. The van der Waals surface area contributed by atoms with Crippen molar-refractivity contribution >= 4 is 0 Å². The normalized spacial score (nSPS) is 23.4. The highest BCUT2D eigenvalue weighted by molar-refractivity contribution is 4.91. The van der Waals surface area contributed by atoms with Crippen LogP contribution in [-0.4, -0.2) is 40.6 Å². The molecule has 0 aliphatic heterocycles. The summed E-state index contributed by atoms with van der Waals surface area (Å²) in [7, 11) is 4.31. The maximum atomic E-state index is 4.44. The third-order valence-electron chi connectivity index (χ3n) is 4.69. The maximum Gasteiger partial charge on any atom is 0.122 e. The van der Waals surface area contributed by atoms with Gasteiger partial charge < -0.3 is 9.88 Å². The van der Waals surface area contributed by atoms with E-state index in [-0.39, 0.29) is 0 Å². The smallest absolute Gasteiger partial charge is 0.122 e. The molecule has 1 N–H and O–H groups in total. The summed E-state index contributed by atoms with van der Waals surface area (Å²) in [4.78, 5) is 6.89. The van der Waals surface area contributed by atoms with Crippen molar-refractivity contribution < 1.29 is 0 Å². The van der Waals surface area contributed by atoms with Crippen LogP contribution in [0.3, 0.4) is 0 Å². The van der Waals surface area contributed by atoms with Crippen molar-refractivity contribution in [2.75, 3.05) is 20.1 Å². The van der Waals surface area contributed by atoms with Crippen molar-refractivity contribution in [3.63, 3.8) is 0 Å². The van der Waals surface area contributed by atoms with Crippen LogP contribution in [0.2, 0.25) is 0 Å². The summed E-state index contributed by atoms with van der Waals surface area (Å²) < 4.78 is 2.12. The van der Waals surface area contributed by atoms with Crippen LogP contribution in [0.1, 0.15) is 51.3 Å². The Bertz CT molecular complexity index is 401. The number of hydrogen-bond donors (Lipinski definition) is 1. The third kappa shape index (κ3) is 5.11. The molecule has 1 aliphatic rings. The van der Waals surface area contributed by atoms with Crippen LogP contribution in [0.15, 0.2) is 12.4 Å². The second-order valence-corrected chi connectivity index (χ2v) is 6.61. The van der Waals surface area contributed by atoms with E-state index in [0.717, 1.165) is 24.8 Å². The lowest BCUT2D eigenvalue weighted by molar-refractivity contribution is 0.214. The summed E-state index contributed by atoms with van der Waals surface area (Å²) >= 11 is 0. The van der Waals surface area contributed by atoms with Crippen LogP contribution in [-0.2, 0) is 13.6 Å². The third-order valence-corrected chi connectivity index (χ3v) is 4.69. The van der Waals surface area contributed by atoms with Crippen LogP contribution in [0, 0.1) is 5.92 Å². The zero-order chi connectivity index (χ0) is 15.1. The van der Waals surface area contributed by atoms with E-state index >= 15 is 0 Å².